The number of rotatable bonds is 6. The van der Waals surface area contributed by atoms with Crippen LogP contribution < -0.4 is 20.9 Å². The van der Waals surface area contributed by atoms with Gasteiger partial charge >= 0.3 is 6.03 Å². The van der Waals surface area contributed by atoms with Crippen LogP contribution in [0.15, 0.2) is 18.2 Å². The number of hydrogen-bond acceptors (Lipinski definition) is 3. The van der Waals surface area contributed by atoms with Crippen molar-refractivity contribution < 1.29 is 9.59 Å². The lowest BCUT2D eigenvalue weighted by atomic mass is 9.85. The number of fused-ring (bicyclic) bond motifs is 1. The van der Waals surface area contributed by atoms with Gasteiger partial charge in [0.2, 0.25) is 5.91 Å². The molecule has 3 rings (SSSR count). The van der Waals surface area contributed by atoms with Gasteiger partial charge in [-0.3, -0.25) is 4.79 Å². The molecular formula is C18H26N4O2. The lowest BCUT2D eigenvalue weighted by Gasteiger charge is -2.24. The topological polar surface area (TPSA) is 73.5 Å². The van der Waals surface area contributed by atoms with Crippen molar-refractivity contribution >= 4 is 23.3 Å². The summed E-state index contributed by atoms with van der Waals surface area (Å²) in [4.78, 5) is 25.8. The van der Waals surface area contributed by atoms with E-state index in [2.05, 4.69) is 34.0 Å². The number of hydrogen-bond donors (Lipinski definition) is 3. The number of urea groups is 1. The van der Waals surface area contributed by atoms with Crippen molar-refractivity contribution in [2.75, 3.05) is 36.9 Å². The maximum Gasteiger partial charge on any atom is 0.319 e. The van der Waals surface area contributed by atoms with Crippen LogP contribution in [0.4, 0.5) is 16.2 Å². The fourth-order valence-electron chi connectivity index (χ4n) is 3.11. The first kappa shape index (κ1) is 16.6. The number of likely N-dealkylation sites (N-methyl/N-ethyl adjacent to an activating group) is 1. The smallest absolute Gasteiger partial charge is 0.319 e. The molecule has 0 radical (unpaired) electrons. The number of carbonyl (C=O) groups excluding carboxylic acids is 2. The van der Waals surface area contributed by atoms with Crippen molar-refractivity contribution in [3.8, 4) is 0 Å². The fraction of sp³-hybridized carbons (Fsp3) is 0.556. The molecule has 1 heterocycles. The summed E-state index contributed by atoms with van der Waals surface area (Å²) in [6.45, 7) is 2.18. The number of anilines is 2. The van der Waals surface area contributed by atoms with Gasteiger partial charge in [-0.2, -0.15) is 0 Å². The molecule has 1 aliphatic heterocycles. The van der Waals surface area contributed by atoms with E-state index in [0.717, 1.165) is 44.3 Å². The van der Waals surface area contributed by atoms with Crippen molar-refractivity contribution in [3.63, 3.8) is 0 Å². The first-order valence-corrected chi connectivity index (χ1v) is 8.80. The Labute approximate surface area is 143 Å². The maximum absolute atomic E-state index is 11.9. The summed E-state index contributed by atoms with van der Waals surface area (Å²) in [7, 11) is 2.06. The van der Waals surface area contributed by atoms with Crippen LogP contribution in [0.1, 0.15) is 31.2 Å². The van der Waals surface area contributed by atoms with Gasteiger partial charge in [-0.1, -0.05) is 12.5 Å². The van der Waals surface area contributed by atoms with E-state index in [1.165, 1.54) is 11.3 Å². The molecule has 0 unspecified atom stereocenters. The molecule has 0 bridgehead atoms. The van der Waals surface area contributed by atoms with Gasteiger partial charge in [0.05, 0.1) is 0 Å². The quantitative estimate of drug-likeness (QED) is 0.700. The number of nitrogens with zero attached hydrogens (tertiary/aromatic N) is 1. The predicted octanol–water partition coefficient (Wildman–Crippen LogP) is 2.11. The highest BCUT2D eigenvalue weighted by atomic mass is 16.2. The van der Waals surface area contributed by atoms with Crippen LogP contribution in [0, 0.1) is 5.92 Å². The molecule has 0 spiro atoms. The fourth-order valence-corrected chi connectivity index (χ4v) is 3.11. The van der Waals surface area contributed by atoms with Crippen LogP contribution in [0.5, 0.6) is 0 Å². The molecule has 3 amide bonds. The summed E-state index contributed by atoms with van der Waals surface area (Å²) < 4.78 is 0. The van der Waals surface area contributed by atoms with E-state index in [1.54, 1.807) is 0 Å². The van der Waals surface area contributed by atoms with Crippen molar-refractivity contribution in [3.05, 3.63) is 23.8 Å². The zero-order chi connectivity index (χ0) is 16.9. The second-order valence-corrected chi connectivity index (χ2v) is 6.67. The summed E-state index contributed by atoms with van der Waals surface area (Å²) in [5.41, 5.74) is 3.32. The zero-order valence-corrected chi connectivity index (χ0v) is 14.2. The minimum atomic E-state index is -0.207. The van der Waals surface area contributed by atoms with E-state index in [4.69, 9.17) is 0 Å². The Kier molecular flexibility index (Phi) is 5.23. The Morgan fingerprint density at radius 2 is 2.00 bits per heavy atom. The maximum atomic E-state index is 11.9. The Morgan fingerprint density at radius 1 is 1.21 bits per heavy atom. The van der Waals surface area contributed by atoms with Gasteiger partial charge in [-0.25, -0.2) is 4.79 Å². The second-order valence-electron chi connectivity index (χ2n) is 6.67. The Hall–Kier alpha value is -2.24. The SMILES string of the molecule is CN1CCc2ccc(NC(=O)NCCCNC(=O)C3CCC3)cc21. The molecule has 0 saturated heterocycles. The summed E-state index contributed by atoms with van der Waals surface area (Å²) >= 11 is 0. The molecule has 24 heavy (non-hydrogen) atoms. The lowest BCUT2D eigenvalue weighted by Crippen LogP contribution is -2.36. The molecular weight excluding hydrogens is 304 g/mol. The van der Waals surface area contributed by atoms with Gasteiger partial charge in [0.25, 0.3) is 0 Å². The van der Waals surface area contributed by atoms with Gasteiger partial charge in [-0.05, 0) is 43.4 Å². The van der Waals surface area contributed by atoms with Gasteiger partial charge in [0, 0.05) is 44.0 Å². The predicted molar refractivity (Wildman–Crippen MR) is 95.4 cm³/mol. The molecule has 6 nitrogen and oxygen atoms in total. The highest BCUT2D eigenvalue weighted by Gasteiger charge is 2.24. The molecule has 1 aromatic carbocycles. The average Bonchev–Trinajstić information content (AvgIpc) is 2.86. The van der Waals surface area contributed by atoms with Gasteiger partial charge in [-0.15, -0.1) is 0 Å². The third-order valence-electron chi connectivity index (χ3n) is 4.89. The first-order chi connectivity index (χ1) is 11.6. The Balaban J connectivity index is 1.34. The van der Waals surface area contributed by atoms with Crippen molar-refractivity contribution in [2.24, 2.45) is 5.92 Å². The van der Waals surface area contributed by atoms with Crippen LogP contribution in [0.2, 0.25) is 0 Å². The summed E-state index contributed by atoms with van der Waals surface area (Å²) in [5, 5.41) is 8.62. The number of carbonyl (C=O) groups is 2. The average molecular weight is 330 g/mol. The molecule has 1 fully saturated rings. The van der Waals surface area contributed by atoms with E-state index < -0.39 is 0 Å². The van der Waals surface area contributed by atoms with Gasteiger partial charge < -0.3 is 20.9 Å². The first-order valence-electron chi connectivity index (χ1n) is 8.80. The number of nitrogens with one attached hydrogen (secondary N) is 3. The summed E-state index contributed by atoms with van der Waals surface area (Å²) in [6.07, 6.45) is 4.99. The van der Waals surface area contributed by atoms with Crippen LogP contribution in [0.3, 0.4) is 0 Å². The Bertz CT molecular complexity index is 613. The normalized spacial score (nSPS) is 16.3. The minimum absolute atomic E-state index is 0.160. The highest BCUT2D eigenvalue weighted by Crippen LogP contribution is 2.29. The third-order valence-corrected chi connectivity index (χ3v) is 4.89. The van der Waals surface area contributed by atoms with Gasteiger partial charge in [0.1, 0.15) is 0 Å². The highest BCUT2D eigenvalue weighted by molar-refractivity contribution is 5.90. The minimum Gasteiger partial charge on any atom is -0.374 e. The van der Waals surface area contributed by atoms with Gasteiger partial charge in [0.15, 0.2) is 0 Å². The molecule has 0 aromatic heterocycles. The van der Waals surface area contributed by atoms with Crippen LogP contribution in [-0.4, -0.2) is 38.6 Å². The van der Waals surface area contributed by atoms with Crippen LogP contribution >= 0.6 is 0 Å². The van der Waals surface area contributed by atoms with E-state index in [-0.39, 0.29) is 17.9 Å². The monoisotopic (exact) mass is 330 g/mol. The largest absolute Gasteiger partial charge is 0.374 e. The Morgan fingerprint density at radius 3 is 2.75 bits per heavy atom. The molecule has 6 heteroatoms. The molecule has 2 aliphatic rings. The lowest BCUT2D eigenvalue weighted by molar-refractivity contribution is -0.127. The van der Waals surface area contributed by atoms with E-state index in [0.29, 0.717) is 13.1 Å². The molecule has 1 aromatic rings. The number of benzene rings is 1. The molecule has 1 aliphatic carbocycles. The van der Waals surface area contributed by atoms with Crippen molar-refractivity contribution in [1.82, 2.24) is 10.6 Å². The van der Waals surface area contributed by atoms with E-state index >= 15 is 0 Å². The molecule has 3 N–H and O–H groups in total. The second kappa shape index (κ2) is 7.55. The zero-order valence-electron chi connectivity index (χ0n) is 14.2. The molecule has 0 atom stereocenters. The van der Waals surface area contributed by atoms with Crippen molar-refractivity contribution in [1.29, 1.82) is 0 Å². The third kappa shape index (κ3) is 3.99. The molecule has 1 saturated carbocycles. The van der Waals surface area contributed by atoms with E-state index in [1.807, 2.05) is 12.1 Å². The van der Waals surface area contributed by atoms with E-state index in [9.17, 15) is 9.59 Å². The standard InChI is InChI=1S/C18H26N4O2/c1-22-11-8-13-6-7-15(12-16(13)22)21-18(24)20-10-3-9-19-17(23)14-4-2-5-14/h6-7,12,14H,2-5,8-11H2,1H3,(H,19,23)(H2,20,21,24). The summed E-state index contributed by atoms with van der Waals surface area (Å²) in [5.74, 6) is 0.382. The van der Waals surface area contributed by atoms with Crippen LogP contribution in [-0.2, 0) is 11.2 Å². The molecule has 130 valence electrons. The summed E-state index contributed by atoms with van der Waals surface area (Å²) in [6, 6.07) is 5.82. The van der Waals surface area contributed by atoms with Crippen LogP contribution in [0.25, 0.3) is 0 Å². The van der Waals surface area contributed by atoms with Crippen molar-refractivity contribution in [2.45, 2.75) is 32.1 Å². The number of amides is 3.